The molecule has 0 bridgehead atoms. The number of thioether (sulfide) groups is 1. The van der Waals surface area contributed by atoms with E-state index in [1.165, 1.54) is 35.1 Å². The molecule has 17 heteroatoms. The molecule has 0 radical (unpaired) electrons. The van der Waals surface area contributed by atoms with Crippen molar-refractivity contribution < 1.29 is 34.0 Å². The number of β-lactam (4-membered cyclic amide) rings is 1. The van der Waals surface area contributed by atoms with Crippen LogP contribution >= 0.6 is 34.6 Å². The predicted molar refractivity (Wildman–Crippen MR) is 129 cm³/mol. The molecule has 1 saturated heterocycles. The van der Waals surface area contributed by atoms with Crippen molar-refractivity contribution in [1.29, 1.82) is 0 Å². The molecule has 14 nitrogen and oxygen atoms in total. The van der Waals surface area contributed by atoms with E-state index in [1.54, 1.807) is 4.57 Å². The number of hydrogen-bond donors (Lipinski definition) is 4. The number of thiazole rings is 1. The number of fused-ring (bicyclic) bond motifs is 2. The number of anilines is 1. The molecule has 188 valence electrons. The molecule has 36 heavy (non-hydrogen) atoms. The summed E-state index contributed by atoms with van der Waals surface area (Å²) in [4.78, 5) is 48.8. The Morgan fingerprint density at radius 1 is 1.44 bits per heavy atom. The Hall–Kier alpha value is -3.54. The van der Waals surface area contributed by atoms with Crippen LogP contribution < -0.4 is 15.6 Å². The normalized spacial score (nSPS) is 19.9. The fraction of sp³-hybridized carbons (Fsp3) is 0.316. The zero-order valence-corrected chi connectivity index (χ0v) is 21.0. The number of nitrogens with zero attached hydrogens (tertiary/aromatic N) is 6. The predicted octanol–water partition coefficient (Wildman–Crippen LogP) is -0.996. The van der Waals surface area contributed by atoms with Gasteiger partial charge in [0.05, 0.1) is 0 Å². The second-order valence-electron chi connectivity index (χ2n) is 7.64. The number of amides is 2. The molecule has 0 spiro atoms. The highest BCUT2D eigenvalue weighted by molar-refractivity contribution is 8.00. The van der Waals surface area contributed by atoms with Crippen LogP contribution in [0.3, 0.4) is 0 Å². The number of oxime groups is 1. The first-order valence-electron chi connectivity index (χ1n) is 10.3. The van der Waals surface area contributed by atoms with Crippen LogP contribution in [0.15, 0.2) is 34.2 Å². The van der Waals surface area contributed by atoms with E-state index in [4.69, 9.17) is 10.6 Å². The molecule has 0 aliphatic carbocycles. The first-order valence-corrected chi connectivity index (χ1v) is 13.0. The average molecular weight is 552 g/mol. The van der Waals surface area contributed by atoms with Crippen molar-refractivity contribution in [3.05, 3.63) is 40.7 Å². The molecule has 0 saturated carbocycles. The lowest BCUT2D eigenvalue weighted by atomic mass is 10.0. The van der Waals surface area contributed by atoms with Crippen molar-refractivity contribution in [2.24, 2.45) is 5.16 Å². The van der Waals surface area contributed by atoms with Gasteiger partial charge in [0.2, 0.25) is 16.4 Å². The third-order valence-electron chi connectivity index (χ3n) is 5.60. The lowest BCUT2D eigenvalue weighted by Gasteiger charge is -2.49. The van der Waals surface area contributed by atoms with Crippen LogP contribution in [0.1, 0.15) is 11.6 Å². The quantitative estimate of drug-likeness (QED) is 0.117. The van der Waals surface area contributed by atoms with E-state index in [0.717, 1.165) is 16.4 Å². The van der Waals surface area contributed by atoms with Gasteiger partial charge in [-0.05, 0) is 0 Å². The van der Waals surface area contributed by atoms with Gasteiger partial charge in [-0.15, -0.1) is 11.8 Å². The first-order chi connectivity index (χ1) is 17.3. The van der Waals surface area contributed by atoms with Crippen LogP contribution in [0.2, 0.25) is 0 Å². The molecule has 5 N–H and O–H groups in total. The Morgan fingerprint density at radius 3 is 2.92 bits per heavy atom. The highest BCUT2D eigenvalue weighted by Gasteiger charge is 2.54. The van der Waals surface area contributed by atoms with Crippen LogP contribution in [0, 0.1) is 0 Å². The maximum atomic E-state index is 13.0. The number of nitrogens with two attached hydrogens (primary N) is 1. The van der Waals surface area contributed by atoms with Crippen molar-refractivity contribution in [3.8, 4) is 0 Å². The number of aliphatic carboxylic acids is 1. The number of nitrogen functional groups attached to an aromatic ring is 1. The van der Waals surface area contributed by atoms with Gasteiger partial charge in [0, 0.05) is 28.2 Å². The summed E-state index contributed by atoms with van der Waals surface area (Å²) in [6.45, 7) is -0.0496. The van der Waals surface area contributed by atoms with Gasteiger partial charge >= 0.3 is 5.97 Å². The maximum absolute atomic E-state index is 13.0. The molecule has 0 unspecified atom stereocenters. The van der Waals surface area contributed by atoms with Gasteiger partial charge in [-0.3, -0.25) is 14.5 Å². The molecule has 5 rings (SSSR count). The minimum absolute atomic E-state index is 0.0469. The lowest BCUT2D eigenvalue weighted by molar-refractivity contribution is -0.696. The second kappa shape index (κ2) is 9.49. The van der Waals surface area contributed by atoms with E-state index in [1.807, 2.05) is 22.2 Å². The Bertz CT molecular complexity index is 1440. The minimum Gasteiger partial charge on any atom is -0.477 e. The summed E-state index contributed by atoms with van der Waals surface area (Å²) >= 11 is 3.69. The van der Waals surface area contributed by atoms with Crippen LogP contribution in [-0.4, -0.2) is 76.6 Å². The van der Waals surface area contributed by atoms with E-state index in [9.17, 15) is 24.6 Å². The van der Waals surface area contributed by atoms with Gasteiger partial charge in [0.1, 0.15) is 49.8 Å². The van der Waals surface area contributed by atoms with Gasteiger partial charge in [0.25, 0.3) is 17.6 Å². The zero-order valence-electron chi connectivity index (χ0n) is 18.5. The van der Waals surface area contributed by atoms with Gasteiger partial charge in [-0.25, -0.2) is 9.36 Å². The van der Waals surface area contributed by atoms with Crippen molar-refractivity contribution in [1.82, 2.24) is 24.0 Å². The average Bonchev–Trinajstić information content (AvgIpc) is 3.56. The van der Waals surface area contributed by atoms with Gasteiger partial charge < -0.3 is 26.1 Å². The van der Waals surface area contributed by atoms with E-state index < -0.39 is 29.2 Å². The van der Waals surface area contributed by atoms with Crippen molar-refractivity contribution >= 4 is 68.1 Å². The summed E-state index contributed by atoms with van der Waals surface area (Å²) in [6.07, 6.45) is 3.65. The molecule has 2 aliphatic heterocycles. The van der Waals surface area contributed by atoms with Gasteiger partial charge in [0.15, 0.2) is 5.13 Å². The summed E-state index contributed by atoms with van der Waals surface area (Å²) in [6, 6.07) is -0.975. The molecular weight excluding hydrogens is 532 g/mol. The molecule has 2 atom stereocenters. The lowest BCUT2D eigenvalue weighted by Crippen LogP contribution is -2.71. The highest BCUT2D eigenvalue weighted by Crippen LogP contribution is 2.40. The molecule has 2 aliphatic rings. The van der Waals surface area contributed by atoms with Crippen LogP contribution in [0.25, 0.3) is 4.83 Å². The number of aliphatic hydroxyl groups excluding tert-OH is 1. The monoisotopic (exact) mass is 551 g/mol. The van der Waals surface area contributed by atoms with E-state index in [-0.39, 0.29) is 35.5 Å². The first kappa shape index (κ1) is 24.2. The van der Waals surface area contributed by atoms with Crippen LogP contribution in [-0.2, 0) is 32.4 Å². The number of carboxylic acids is 1. The molecular formula is C19H19N8O6S3+. The number of carboxylic acid groups (broad SMARTS) is 1. The van der Waals surface area contributed by atoms with Gasteiger partial charge in [-0.1, -0.05) is 16.5 Å². The summed E-state index contributed by atoms with van der Waals surface area (Å²) in [5, 5.41) is 27.4. The number of aliphatic hydroxyl groups is 1. The fourth-order valence-electron chi connectivity index (χ4n) is 4.07. The molecule has 1 fully saturated rings. The summed E-state index contributed by atoms with van der Waals surface area (Å²) < 4.78 is 7.55. The Balaban J connectivity index is 1.38. The van der Waals surface area contributed by atoms with Crippen LogP contribution in [0.5, 0.6) is 0 Å². The third kappa shape index (κ3) is 3.98. The number of nitrogens with one attached hydrogen (secondary N) is 1. The third-order valence-corrected chi connectivity index (χ3v) is 8.29. The number of hydrogen-bond acceptors (Lipinski definition) is 12. The molecule has 3 aromatic heterocycles. The zero-order chi connectivity index (χ0) is 25.6. The standard InChI is InChI=1S/C19H18N8O6S3/c1-33-23-11(14-22-19(20)36-24-14)15(29)21-12-16(30)27-13(18(31)32)8(7-35-17(12)27)4-25-5-10-26(2-3-34-10)9(25)6-28/h2-3,5,12,17,28H,4,6-7H2,1H3,(H3-,20,21,22,24,29,31,32)/p+1/b23-11-/t12-,17-/m1/s1. The largest absolute Gasteiger partial charge is 0.477 e. The molecule has 5 heterocycles. The number of imidazole rings is 1. The number of aromatic nitrogens is 4. The highest BCUT2D eigenvalue weighted by atomic mass is 32.2. The summed E-state index contributed by atoms with van der Waals surface area (Å²) in [5.74, 6) is -1.71. The van der Waals surface area contributed by atoms with Crippen molar-refractivity contribution in [2.75, 3.05) is 18.6 Å². The van der Waals surface area contributed by atoms with E-state index in [0.29, 0.717) is 17.2 Å². The van der Waals surface area contributed by atoms with Crippen molar-refractivity contribution in [2.45, 2.75) is 24.6 Å². The van der Waals surface area contributed by atoms with E-state index in [2.05, 4.69) is 19.8 Å². The van der Waals surface area contributed by atoms with Gasteiger partial charge in [-0.2, -0.15) is 13.8 Å². The maximum Gasteiger partial charge on any atom is 0.352 e. The molecule has 2 amide bonds. The van der Waals surface area contributed by atoms with E-state index >= 15 is 0 Å². The Kier molecular flexibility index (Phi) is 6.37. The molecule has 0 aromatic carbocycles. The second-order valence-corrected chi connectivity index (χ2v) is 10.5. The smallest absolute Gasteiger partial charge is 0.352 e. The Morgan fingerprint density at radius 2 is 2.25 bits per heavy atom. The summed E-state index contributed by atoms with van der Waals surface area (Å²) in [7, 11) is 1.25. The van der Waals surface area contributed by atoms with Crippen LogP contribution in [0.4, 0.5) is 5.13 Å². The fourth-order valence-corrected chi connectivity index (χ4v) is 6.63. The van der Waals surface area contributed by atoms with Crippen molar-refractivity contribution in [3.63, 3.8) is 0 Å². The minimum atomic E-state index is -1.25. The Labute approximate surface area is 214 Å². The SMILES string of the molecule is CO/N=C(\C(=O)N[C@@H]1C(=O)N2C(C(=O)O)=C(C[n+]3cc4sccn4c3CO)CS[C@H]12)c1nsc(N)n1. The number of carbonyl (C=O) groups is 3. The summed E-state index contributed by atoms with van der Waals surface area (Å²) in [5.41, 5.74) is 5.72. The topological polar surface area (TPSA) is 189 Å². The number of rotatable bonds is 8. The number of carbonyl (C=O) groups excluding carboxylic acids is 2. The molecule has 3 aromatic rings.